The van der Waals surface area contributed by atoms with Crippen molar-refractivity contribution in [2.45, 2.75) is 47.5 Å². The Hall–Kier alpha value is -1.76. The molecule has 3 rings (SSSR count). The first-order valence-electron chi connectivity index (χ1n) is 6.93. The molecule has 0 aromatic heterocycles. The van der Waals surface area contributed by atoms with Crippen molar-refractivity contribution in [1.29, 1.82) is 0 Å². The quantitative estimate of drug-likeness (QED) is 0.776. The van der Waals surface area contributed by atoms with Gasteiger partial charge in [-0.3, -0.25) is 0 Å². The molecule has 1 aromatic carbocycles. The molecule has 5 nitrogen and oxygen atoms in total. The predicted molar refractivity (Wildman–Crippen MR) is 68.8 cm³/mol. The molecular weight excluding hydrogens is 401 g/mol. The number of hydrogen-bond acceptors (Lipinski definition) is 5. The van der Waals surface area contributed by atoms with Gasteiger partial charge in [-0.05, 0) is 12.1 Å². The van der Waals surface area contributed by atoms with Crippen LogP contribution >= 0.6 is 0 Å². The molecule has 0 saturated heterocycles. The smallest absolute Gasteiger partial charge is 0.486 e. The van der Waals surface area contributed by atoms with Crippen molar-refractivity contribution < 1.29 is 53.7 Å². The minimum absolute atomic E-state index is 0.307. The standard InChI is InChI=1S/C13H9F7O5S/c14-11(15)3-5(4-11)24-6-1-2-7(26(22,23)13(18,19)20)8-9(6)25-12(16,17)10(8)21/h1-2,5,10,21H,3-4H2/t10-/m0/s1. The molecule has 13 heteroatoms. The lowest BCUT2D eigenvalue weighted by molar-refractivity contribution is -0.225. The highest BCUT2D eigenvalue weighted by atomic mass is 32.2. The summed E-state index contributed by atoms with van der Waals surface area (Å²) in [5.74, 6) is -4.83. The van der Waals surface area contributed by atoms with E-state index in [0.29, 0.717) is 12.1 Å². The van der Waals surface area contributed by atoms with Gasteiger partial charge < -0.3 is 14.6 Å². The zero-order valence-corrected chi connectivity index (χ0v) is 13.2. The maximum absolute atomic E-state index is 13.6. The third kappa shape index (κ3) is 2.86. The van der Waals surface area contributed by atoms with Crippen LogP contribution < -0.4 is 9.47 Å². The molecule has 1 N–H and O–H groups in total. The van der Waals surface area contributed by atoms with Crippen molar-refractivity contribution in [2.75, 3.05) is 0 Å². The molecule has 0 spiro atoms. The second-order valence-electron chi connectivity index (χ2n) is 5.82. The fourth-order valence-electron chi connectivity index (χ4n) is 2.61. The summed E-state index contributed by atoms with van der Waals surface area (Å²) in [5, 5.41) is 9.55. The summed E-state index contributed by atoms with van der Waals surface area (Å²) in [6.45, 7) is 0. The first kappa shape index (κ1) is 19.0. The molecule has 1 fully saturated rings. The number of hydrogen-bond donors (Lipinski definition) is 1. The number of sulfone groups is 1. The molecule has 0 unspecified atom stereocenters. The van der Waals surface area contributed by atoms with E-state index in [9.17, 15) is 44.3 Å². The van der Waals surface area contributed by atoms with Crippen LogP contribution in [0, 0.1) is 0 Å². The lowest BCUT2D eigenvalue weighted by Crippen LogP contribution is -2.43. The van der Waals surface area contributed by atoms with Crippen molar-refractivity contribution >= 4 is 9.84 Å². The molecule has 146 valence electrons. The topological polar surface area (TPSA) is 72.8 Å². The zero-order chi connectivity index (χ0) is 19.7. The van der Waals surface area contributed by atoms with Crippen LogP contribution in [0.5, 0.6) is 11.5 Å². The fourth-order valence-corrected chi connectivity index (χ4v) is 3.60. The number of alkyl halides is 7. The average molecular weight is 410 g/mol. The van der Waals surface area contributed by atoms with Gasteiger partial charge in [0.15, 0.2) is 17.6 Å². The molecule has 0 amide bonds. The summed E-state index contributed by atoms with van der Waals surface area (Å²) in [4.78, 5) is -1.63. The zero-order valence-electron chi connectivity index (χ0n) is 12.4. The number of halogens is 7. The number of aliphatic hydroxyl groups excluding tert-OH is 1. The molecule has 0 radical (unpaired) electrons. The van der Waals surface area contributed by atoms with E-state index in [1.54, 1.807) is 0 Å². The van der Waals surface area contributed by atoms with E-state index >= 15 is 0 Å². The van der Waals surface area contributed by atoms with Crippen molar-refractivity contribution in [2.24, 2.45) is 0 Å². The van der Waals surface area contributed by atoms with Crippen LogP contribution in [0.25, 0.3) is 0 Å². The number of aliphatic hydroxyl groups is 1. The monoisotopic (exact) mass is 410 g/mol. The molecular formula is C13H9F7O5S. The number of rotatable bonds is 3. The Morgan fingerprint density at radius 1 is 1.15 bits per heavy atom. The summed E-state index contributed by atoms with van der Waals surface area (Å²) in [7, 11) is -6.09. The van der Waals surface area contributed by atoms with E-state index in [4.69, 9.17) is 4.74 Å². The first-order chi connectivity index (χ1) is 11.7. The number of fused-ring (bicyclic) bond motifs is 1. The lowest BCUT2D eigenvalue weighted by atomic mass is 9.91. The van der Waals surface area contributed by atoms with Crippen molar-refractivity contribution in [3.8, 4) is 11.5 Å². The molecule has 1 atom stereocenters. The van der Waals surface area contributed by atoms with Gasteiger partial charge in [0.05, 0.1) is 10.5 Å². The van der Waals surface area contributed by atoms with Crippen LogP contribution in [-0.4, -0.2) is 37.2 Å². The van der Waals surface area contributed by atoms with Crippen molar-refractivity contribution in [3.63, 3.8) is 0 Å². The highest BCUT2D eigenvalue weighted by molar-refractivity contribution is 7.92. The van der Waals surface area contributed by atoms with E-state index in [1.165, 1.54) is 0 Å². The van der Waals surface area contributed by atoms with Gasteiger partial charge in [-0.25, -0.2) is 17.2 Å². The summed E-state index contributed by atoms with van der Waals surface area (Å²) < 4.78 is 123. The van der Waals surface area contributed by atoms with E-state index < -0.39 is 74.4 Å². The van der Waals surface area contributed by atoms with Gasteiger partial charge in [0, 0.05) is 12.8 Å². The van der Waals surface area contributed by atoms with Gasteiger partial charge in [-0.2, -0.15) is 22.0 Å². The molecule has 1 aromatic rings. The highest BCUT2D eigenvalue weighted by Crippen LogP contribution is 2.54. The fraction of sp³-hybridized carbons (Fsp3) is 0.538. The van der Waals surface area contributed by atoms with Gasteiger partial charge in [-0.1, -0.05) is 0 Å². The third-order valence-corrected chi connectivity index (χ3v) is 5.43. The Labute approximate surface area is 141 Å². The normalized spacial score (nSPS) is 24.5. The maximum Gasteiger partial charge on any atom is 0.501 e. The molecule has 2 aliphatic rings. The van der Waals surface area contributed by atoms with Gasteiger partial charge >= 0.3 is 11.6 Å². The van der Waals surface area contributed by atoms with Crippen molar-refractivity contribution in [1.82, 2.24) is 0 Å². The maximum atomic E-state index is 13.6. The van der Waals surface area contributed by atoms with E-state index in [1.807, 2.05) is 0 Å². The van der Waals surface area contributed by atoms with Crippen LogP contribution in [-0.2, 0) is 9.84 Å². The van der Waals surface area contributed by atoms with Crippen LogP contribution in [0.1, 0.15) is 24.5 Å². The lowest BCUT2D eigenvalue weighted by Gasteiger charge is -2.35. The average Bonchev–Trinajstić information content (AvgIpc) is 2.67. The third-order valence-electron chi connectivity index (χ3n) is 3.89. The minimum atomic E-state index is -6.09. The molecule has 1 aliphatic carbocycles. The van der Waals surface area contributed by atoms with Gasteiger partial charge in [-0.15, -0.1) is 0 Å². The van der Waals surface area contributed by atoms with Gasteiger partial charge in [0.1, 0.15) is 6.10 Å². The largest absolute Gasteiger partial charge is 0.501 e. The summed E-state index contributed by atoms with van der Waals surface area (Å²) in [5.41, 5.74) is -7.16. The van der Waals surface area contributed by atoms with E-state index in [0.717, 1.165) is 0 Å². The van der Waals surface area contributed by atoms with Crippen LogP contribution in [0.4, 0.5) is 30.7 Å². The molecule has 1 heterocycles. The minimum Gasteiger partial charge on any atom is -0.486 e. The Morgan fingerprint density at radius 3 is 2.23 bits per heavy atom. The molecule has 0 bridgehead atoms. The molecule has 1 aliphatic heterocycles. The predicted octanol–water partition coefficient (Wildman–Crippen LogP) is 3.18. The molecule has 1 saturated carbocycles. The second-order valence-corrected chi connectivity index (χ2v) is 7.73. The van der Waals surface area contributed by atoms with E-state index in [2.05, 4.69) is 4.74 Å². The molecule has 26 heavy (non-hydrogen) atoms. The second kappa shape index (κ2) is 5.38. The van der Waals surface area contributed by atoms with Crippen molar-refractivity contribution in [3.05, 3.63) is 17.7 Å². The Morgan fingerprint density at radius 2 is 1.73 bits per heavy atom. The Bertz CT molecular complexity index is 841. The summed E-state index contributed by atoms with van der Waals surface area (Å²) >= 11 is 0. The SMILES string of the molecule is O=S(=O)(c1ccc(OC2CC(F)(F)C2)c2c1[C@H](O)C(F)(F)O2)C(F)(F)F. The highest BCUT2D eigenvalue weighted by Gasteiger charge is 2.57. The Kier molecular flexibility index (Phi) is 3.93. The van der Waals surface area contributed by atoms with Crippen LogP contribution in [0.15, 0.2) is 17.0 Å². The summed E-state index contributed by atoms with van der Waals surface area (Å²) in [6, 6.07) is 0.893. The number of ether oxygens (including phenoxy) is 2. The number of benzene rings is 1. The first-order valence-corrected chi connectivity index (χ1v) is 8.42. The summed E-state index contributed by atoms with van der Waals surface area (Å²) in [6.07, 6.45) is -10.1. The van der Waals surface area contributed by atoms with Gasteiger partial charge in [0.2, 0.25) is 0 Å². The van der Waals surface area contributed by atoms with Crippen LogP contribution in [0.3, 0.4) is 0 Å². The van der Waals surface area contributed by atoms with Crippen LogP contribution in [0.2, 0.25) is 0 Å². The van der Waals surface area contributed by atoms with E-state index in [-0.39, 0.29) is 0 Å². The van der Waals surface area contributed by atoms with Gasteiger partial charge in [0.25, 0.3) is 15.8 Å². The Balaban J connectivity index is 2.08.